The molecular weight excluding hydrogens is 196 g/mol. The lowest BCUT2D eigenvalue weighted by Crippen LogP contribution is -1.83. The summed E-state index contributed by atoms with van der Waals surface area (Å²) < 4.78 is 0. The van der Waals surface area contributed by atoms with Crippen LogP contribution in [0.15, 0.2) is 47.6 Å². The predicted octanol–water partition coefficient (Wildman–Crippen LogP) is 2.83. The van der Waals surface area contributed by atoms with Gasteiger partial charge in [-0.15, -0.1) is 12.8 Å². The summed E-state index contributed by atoms with van der Waals surface area (Å²) in [5, 5.41) is 0. The van der Waals surface area contributed by atoms with Crippen LogP contribution in [0.5, 0.6) is 0 Å². The minimum Gasteiger partial charge on any atom is -0.290 e. The van der Waals surface area contributed by atoms with E-state index >= 15 is 0 Å². The van der Waals surface area contributed by atoms with Crippen molar-refractivity contribution >= 4 is 5.78 Å². The van der Waals surface area contributed by atoms with Gasteiger partial charge in [-0.2, -0.15) is 0 Å². The van der Waals surface area contributed by atoms with Crippen molar-refractivity contribution in [2.75, 3.05) is 0 Å². The second-order valence-electron chi connectivity index (χ2n) is 3.11. The molecule has 0 heterocycles. The van der Waals surface area contributed by atoms with E-state index in [1.165, 1.54) is 12.2 Å². The third-order valence-corrected chi connectivity index (χ3v) is 1.67. The summed E-state index contributed by atoms with van der Waals surface area (Å²) in [5.41, 5.74) is 1.55. The van der Waals surface area contributed by atoms with Gasteiger partial charge in [-0.3, -0.25) is 4.79 Å². The molecule has 0 aliphatic carbocycles. The Bertz CT molecular complexity index is 401. The number of carbonyl (C=O) groups is 1. The largest absolute Gasteiger partial charge is 0.290 e. The van der Waals surface area contributed by atoms with Crippen LogP contribution in [0.1, 0.15) is 13.8 Å². The molecule has 0 radical (unpaired) electrons. The highest BCUT2D eigenvalue weighted by Crippen LogP contribution is 1.92. The van der Waals surface area contributed by atoms with E-state index in [4.69, 9.17) is 12.8 Å². The lowest BCUT2D eigenvalue weighted by atomic mass is 10.2. The highest BCUT2D eigenvalue weighted by Gasteiger charge is 1.85. The van der Waals surface area contributed by atoms with Crippen LogP contribution in [0.3, 0.4) is 0 Å². The molecule has 0 saturated heterocycles. The van der Waals surface area contributed by atoms with Gasteiger partial charge in [0.15, 0.2) is 5.78 Å². The van der Waals surface area contributed by atoms with Crippen molar-refractivity contribution in [1.29, 1.82) is 0 Å². The molecule has 0 amide bonds. The maximum absolute atomic E-state index is 11.2. The Labute approximate surface area is 97.3 Å². The summed E-state index contributed by atoms with van der Waals surface area (Å²) in [7, 11) is 0. The van der Waals surface area contributed by atoms with Gasteiger partial charge >= 0.3 is 0 Å². The number of rotatable bonds is 4. The maximum Gasteiger partial charge on any atom is 0.178 e. The first kappa shape index (κ1) is 13.8. The van der Waals surface area contributed by atoms with Crippen LogP contribution in [-0.2, 0) is 4.79 Å². The third kappa shape index (κ3) is 7.18. The van der Waals surface area contributed by atoms with Crippen LogP contribution in [0.2, 0.25) is 0 Å². The lowest BCUT2D eigenvalue weighted by molar-refractivity contribution is -0.110. The second kappa shape index (κ2) is 8.09. The summed E-state index contributed by atoms with van der Waals surface area (Å²) in [4.78, 5) is 11.2. The van der Waals surface area contributed by atoms with Crippen LogP contribution in [0.25, 0.3) is 0 Å². The van der Waals surface area contributed by atoms with E-state index in [0.29, 0.717) is 0 Å². The van der Waals surface area contributed by atoms with E-state index in [1.54, 1.807) is 38.2 Å². The predicted molar refractivity (Wildman–Crippen MR) is 68.5 cm³/mol. The van der Waals surface area contributed by atoms with Crippen molar-refractivity contribution in [3.8, 4) is 24.7 Å². The van der Waals surface area contributed by atoms with Crippen LogP contribution in [0.4, 0.5) is 0 Å². The van der Waals surface area contributed by atoms with Gasteiger partial charge < -0.3 is 0 Å². The first-order valence-corrected chi connectivity index (χ1v) is 4.77. The topological polar surface area (TPSA) is 17.1 Å². The summed E-state index contributed by atoms with van der Waals surface area (Å²) in [6.07, 6.45) is 19.8. The molecule has 0 aliphatic heterocycles. The summed E-state index contributed by atoms with van der Waals surface area (Å²) in [5.74, 6) is 4.80. The van der Waals surface area contributed by atoms with Crippen LogP contribution >= 0.6 is 0 Å². The van der Waals surface area contributed by atoms with Crippen molar-refractivity contribution in [2.24, 2.45) is 0 Å². The van der Waals surface area contributed by atoms with Crippen molar-refractivity contribution in [3.05, 3.63) is 47.6 Å². The highest BCUT2D eigenvalue weighted by molar-refractivity contribution is 5.99. The minimum absolute atomic E-state index is 0.109. The van der Waals surface area contributed by atoms with Crippen LogP contribution in [-0.4, -0.2) is 5.78 Å². The smallest absolute Gasteiger partial charge is 0.178 e. The number of carbonyl (C=O) groups excluding carboxylic acids is 1. The fourth-order valence-corrected chi connectivity index (χ4v) is 0.726. The van der Waals surface area contributed by atoms with Gasteiger partial charge in [0.05, 0.1) is 0 Å². The van der Waals surface area contributed by atoms with E-state index in [2.05, 4.69) is 11.8 Å². The zero-order valence-corrected chi connectivity index (χ0v) is 9.53. The van der Waals surface area contributed by atoms with Gasteiger partial charge in [-0.1, -0.05) is 36.1 Å². The summed E-state index contributed by atoms with van der Waals surface area (Å²) >= 11 is 0. The molecule has 0 aromatic rings. The quantitative estimate of drug-likeness (QED) is 0.396. The van der Waals surface area contributed by atoms with Gasteiger partial charge in [0.1, 0.15) is 0 Å². The number of allylic oxidation sites excluding steroid dienone is 8. The molecule has 80 valence electrons. The molecule has 0 aromatic heterocycles. The molecule has 0 bridgehead atoms. The molecule has 1 nitrogen and oxygen atoms in total. The summed E-state index contributed by atoms with van der Waals surface area (Å²) in [6.45, 7) is 3.59. The van der Waals surface area contributed by atoms with Gasteiger partial charge in [0, 0.05) is 0 Å². The van der Waals surface area contributed by atoms with Crippen LogP contribution < -0.4 is 0 Å². The first-order chi connectivity index (χ1) is 7.60. The number of hydrogen-bond donors (Lipinski definition) is 0. The molecule has 0 unspecified atom stereocenters. The summed E-state index contributed by atoms with van der Waals surface area (Å²) in [6, 6.07) is 0. The van der Waals surface area contributed by atoms with E-state index in [9.17, 15) is 4.79 Å². The number of ketones is 1. The van der Waals surface area contributed by atoms with E-state index in [1.807, 2.05) is 0 Å². The van der Waals surface area contributed by atoms with Gasteiger partial charge in [-0.25, -0.2) is 0 Å². The molecule has 0 aliphatic rings. The van der Waals surface area contributed by atoms with Crippen molar-refractivity contribution in [3.63, 3.8) is 0 Å². The van der Waals surface area contributed by atoms with E-state index < -0.39 is 0 Å². The Kier molecular flexibility index (Phi) is 6.95. The normalized spacial score (nSPS) is 12.8. The van der Waals surface area contributed by atoms with Crippen molar-refractivity contribution in [2.45, 2.75) is 13.8 Å². The average molecular weight is 210 g/mol. The Morgan fingerprint density at radius 1 is 0.938 bits per heavy atom. The van der Waals surface area contributed by atoms with Gasteiger partial charge in [-0.05, 0) is 37.1 Å². The molecule has 16 heavy (non-hydrogen) atoms. The monoisotopic (exact) mass is 210 g/mol. The fourth-order valence-electron chi connectivity index (χ4n) is 0.726. The van der Waals surface area contributed by atoms with Crippen LogP contribution in [0, 0.1) is 24.7 Å². The Hall–Kier alpha value is -2.25. The standard InChI is InChI=1S/C15H14O/c1-5-13(3)9-7-11-15(16)12-8-10-14(4)6-2/h1-2,7-12H,3-4H3/b11-7+,12-8+,13-9-,14-10-. The fraction of sp³-hybridized carbons (Fsp3) is 0.133. The Balaban J connectivity index is 4.33. The average Bonchev–Trinajstić information content (AvgIpc) is 2.28. The molecule has 1 heteroatoms. The molecule has 0 atom stereocenters. The SMILES string of the molecule is C#C/C(C)=C\C=C\C(=O)/C=C/C=C(/C)C#C. The lowest BCUT2D eigenvalue weighted by Gasteiger charge is -1.83. The number of hydrogen-bond acceptors (Lipinski definition) is 1. The van der Waals surface area contributed by atoms with Gasteiger partial charge in [0.2, 0.25) is 0 Å². The Morgan fingerprint density at radius 2 is 1.31 bits per heavy atom. The Morgan fingerprint density at radius 3 is 1.62 bits per heavy atom. The molecule has 0 spiro atoms. The molecule has 0 N–H and O–H groups in total. The first-order valence-electron chi connectivity index (χ1n) is 4.77. The maximum atomic E-state index is 11.2. The zero-order valence-electron chi connectivity index (χ0n) is 9.53. The van der Waals surface area contributed by atoms with Gasteiger partial charge in [0.25, 0.3) is 0 Å². The molecule has 0 rings (SSSR count). The van der Waals surface area contributed by atoms with E-state index in [-0.39, 0.29) is 5.78 Å². The molecule has 0 saturated carbocycles. The molecule has 0 fully saturated rings. The minimum atomic E-state index is -0.109. The number of terminal acetylenes is 2. The van der Waals surface area contributed by atoms with E-state index in [0.717, 1.165) is 11.1 Å². The second-order valence-corrected chi connectivity index (χ2v) is 3.11. The zero-order chi connectivity index (χ0) is 12.4. The molecule has 0 aromatic carbocycles. The van der Waals surface area contributed by atoms with Crippen molar-refractivity contribution < 1.29 is 4.79 Å². The van der Waals surface area contributed by atoms with Crippen molar-refractivity contribution in [1.82, 2.24) is 0 Å². The highest BCUT2D eigenvalue weighted by atomic mass is 16.1. The third-order valence-electron chi connectivity index (χ3n) is 1.67. The molecular formula is C15H14O.